The molecule has 0 radical (unpaired) electrons. The van der Waals surface area contributed by atoms with E-state index in [0.717, 1.165) is 32.7 Å². The number of hydrogen-bond donors (Lipinski definition) is 1. The molecule has 1 unspecified atom stereocenters. The third kappa shape index (κ3) is 3.74. The van der Waals surface area contributed by atoms with Crippen LogP contribution < -0.4 is 10.2 Å². The van der Waals surface area contributed by atoms with Gasteiger partial charge in [0.25, 0.3) is 0 Å². The van der Waals surface area contributed by atoms with E-state index in [2.05, 4.69) is 70.1 Å². The van der Waals surface area contributed by atoms with E-state index >= 15 is 0 Å². The number of piperazine rings is 1. The Morgan fingerprint density at radius 2 is 2.10 bits per heavy atom. The third-order valence-corrected chi connectivity index (χ3v) is 4.70. The van der Waals surface area contributed by atoms with Gasteiger partial charge in [-0.25, -0.2) is 0 Å². The van der Waals surface area contributed by atoms with Gasteiger partial charge in [-0.1, -0.05) is 35.8 Å². The lowest BCUT2D eigenvalue weighted by Crippen LogP contribution is -2.51. The van der Waals surface area contributed by atoms with Crippen molar-refractivity contribution in [2.45, 2.75) is 32.9 Å². The first-order chi connectivity index (χ1) is 9.65. The van der Waals surface area contributed by atoms with Crippen molar-refractivity contribution < 1.29 is 0 Å². The average molecular weight is 340 g/mol. The quantitative estimate of drug-likeness (QED) is 0.889. The van der Waals surface area contributed by atoms with Gasteiger partial charge in [0, 0.05) is 42.4 Å². The van der Waals surface area contributed by atoms with Crippen molar-refractivity contribution in [1.29, 1.82) is 0 Å². The molecule has 2 rings (SSSR count). The SMILES string of the molecule is CCNCc1ccc(Br)cc1N1CCN(C)C(CC)C1. The molecule has 1 fully saturated rings. The van der Waals surface area contributed by atoms with Crippen molar-refractivity contribution in [3.63, 3.8) is 0 Å². The van der Waals surface area contributed by atoms with Crippen LogP contribution >= 0.6 is 15.9 Å². The summed E-state index contributed by atoms with van der Waals surface area (Å²) in [5.41, 5.74) is 2.78. The predicted octanol–water partition coefficient (Wildman–Crippen LogP) is 3.09. The molecule has 1 aromatic rings. The second-order valence-electron chi connectivity index (χ2n) is 5.54. The van der Waals surface area contributed by atoms with Crippen LogP contribution in [0.1, 0.15) is 25.8 Å². The molecule has 1 aromatic carbocycles. The van der Waals surface area contributed by atoms with Crippen molar-refractivity contribution in [2.75, 3.05) is 38.1 Å². The van der Waals surface area contributed by atoms with Crippen LogP contribution in [0.3, 0.4) is 0 Å². The van der Waals surface area contributed by atoms with Gasteiger partial charge in [0.2, 0.25) is 0 Å². The molecule has 0 aliphatic carbocycles. The monoisotopic (exact) mass is 339 g/mol. The molecule has 1 heterocycles. The largest absolute Gasteiger partial charge is 0.368 e. The van der Waals surface area contributed by atoms with E-state index in [9.17, 15) is 0 Å². The third-order valence-electron chi connectivity index (χ3n) is 4.20. The lowest BCUT2D eigenvalue weighted by Gasteiger charge is -2.41. The Labute approximate surface area is 131 Å². The molecule has 1 N–H and O–H groups in total. The first-order valence-corrected chi connectivity index (χ1v) is 8.39. The Balaban J connectivity index is 2.19. The highest BCUT2D eigenvalue weighted by Gasteiger charge is 2.24. The van der Waals surface area contributed by atoms with Crippen molar-refractivity contribution in [3.05, 3.63) is 28.2 Å². The lowest BCUT2D eigenvalue weighted by molar-refractivity contribution is 0.213. The first-order valence-electron chi connectivity index (χ1n) is 7.60. The Morgan fingerprint density at radius 3 is 2.80 bits per heavy atom. The Kier molecular flexibility index (Phi) is 5.87. The van der Waals surface area contributed by atoms with E-state index in [1.165, 1.54) is 22.1 Å². The molecule has 20 heavy (non-hydrogen) atoms. The van der Waals surface area contributed by atoms with Crippen LogP contribution in [0.5, 0.6) is 0 Å². The molecule has 1 saturated heterocycles. The van der Waals surface area contributed by atoms with Crippen LogP contribution in [0.4, 0.5) is 5.69 Å². The zero-order chi connectivity index (χ0) is 14.5. The van der Waals surface area contributed by atoms with Gasteiger partial charge in [-0.3, -0.25) is 4.90 Å². The molecule has 0 saturated carbocycles. The van der Waals surface area contributed by atoms with Crippen molar-refractivity contribution in [1.82, 2.24) is 10.2 Å². The molecule has 112 valence electrons. The number of hydrogen-bond acceptors (Lipinski definition) is 3. The van der Waals surface area contributed by atoms with Crippen molar-refractivity contribution in [3.8, 4) is 0 Å². The van der Waals surface area contributed by atoms with Crippen LogP contribution in [0.2, 0.25) is 0 Å². The van der Waals surface area contributed by atoms with Gasteiger partial charge in [0.05, 0.1) is 0 Å². The fourth-order valence-electron chi connectivity index (χ4n) is 2.85. The van der Waals surface area contributed by atoms with Gasteiger partial charge in [-0.15, -0.1) is 0 Å². The Hall–Kier alpha value is -0.580. The topological polar surface area (TPSA) is 18.5 Å². The number of anilines is 1. The van der Waals surface area contributed by atoms with Gasteiger partial charge in [0.1, 0.15) is 0 Å². The zero-order valence-electron chi connectivity index (χ0n) is 12.8. The van der Waals surface area contributed by atoms with Gasteiger partial charge in [-0.05, 0) is 37.7 Å². The molecular weight excluding hydrogens is 314 g/mol. The van der Waals surface area contributed by atoms with E-state index < -0.39 is 0 Å². The minimum atomic E-state index is 0.662. The van der Waals surface area contributed by atoms with Crippen LogP contribution in [0.15, 0.2) is 22.7 Å². The van der Waals surface area contributed by atoms with E-state index in [1.807, 2.05) is 0 Å². The van der Waals surface area contributed by atoms with Gasteiger partial charge in [-0.2, -0.15) is 0 Å². The summed E-state index contributed by atoms with van der Waals surface area (Å²) in [5, 5.41) is 3.45. The van der Waals surface area contributed by atoms with Gasteiger partial charge < -0.3 is 10.2 Å². The van der Waals surface area contributed by atoms with E-state index in [0.29, 0.717) is 6.04 Å². The number of benzene rings is 1. The highest BCUT2D eigenvalue weighted by Crippen LogP contribution is 2.27. The summed E-state index contributed by atoms with van der Waals surface area (Å²) in [7, 11) is 2.24. The van der Waals surface area contributed by atoms with Gasteiger partial charge in [0.15, 0.2) is 0 Å². The fraction of sp³-hybridized carbons (Fsp3) is 0.625. The van der Waals surface area contributed by atoms with E-state index in [-0.39, 0.29) is 0 Å². The molecule has 1 aliphatic heterocycles. The second-order valence-corrected chi connectivity index (χ2v) is 6.46. The summed E-state index contributed by atoms with van der Waals surface area (Å²) in [6, 6.07) is 7.31. The fourth-order valence-corrected chi connectivity index (χ4v) is 3.20. The smallest absolute Gasteiger partial charge is 0.0424 e. The summed E-state index contributed by atoms with van der Waals surface area (Å²) in [4.78, 5) is 5.03. The van der Waals surface area contributed by atoms with Crippen molar-refractivity contribution >= 4 is 21.6 Å². The Bertz CT molecular complexity index is 436. The number of likely N-dealkylation sites (N-methyl/N-ethyl adjacent to an activating group) is 1. The maximum Gasteiger partial charge on any atom is 0.0424 e. The molecule has 0 amide bonds. The first kappa shape index (κ1) is 15.8. The average Bonchev–Trinajstić information content (AvgIpc) is 2.46. The van der Waals surface area contributed by atoms with Crippen LogP contribution in [-0.4, -0.2) is 44.2 Å². The predicted molar refractivity (Wildman–Crippen MR) is 90.4 cm³/mol. The Morgan fingerprint density at radius 1 is 1.30 bits per heavy atom. The molecule has 3 nitrogen and oxygen atoms in total. The lowest BCUT2D eigenvalue weighted by atomic mass is 10.1. The standard InChI is InChI=1S/C16H26BrN3/c1-4-15-12-20(9-8-19(15)3)16-10-14(17)7-6-13(16)11-18-5-2/h6-7,10,15,18H,4-5,8-9,11-12H2,1-3H3. The van der Waals surface area contributed by atoms with Crippen LogP contribution in [0, 0.1) is 0 Å². The van der Waals surface area contributed by atoms with E-state index in [4.69, 9.17) is 0 Å². The minimum Gasteiger partial charge on any atom is -0.368 e. The van der Waals surface area contributed by atoms with Crippen molar-refractivity contribution in [2.24, 2.45) is 0 Å². The zero-order valence-corrected chi connectivity index (χ0v) is 14.4. The number of nitrogens with zero attached hydrogens (tertiary/aromatic N) is 2. The summed E-state index contributed by atoms with van der Waals surface area (Å²) in [6.07, 6.45) is 1.21. The normalized spacial score (nSPS) is 20.4. The van der Waals surface area contributed by atoms with Crippen LogP contribution in [0.25, 0.3) is 0 Å². The summed E-state index contributed by atoms with van der Waals surface area (Å²) in [6.45, 7) is 9.78. The number of rotatable bonds is 5. The molecular formula is C16H26BrN3. The molecule has 0 bridgehead atoms. The molecule has 0 spiro atoms. The minimum absolute atomic E-state index is 0.662. The summed E-state index contributed by atoms with van der Waals surface area (Å²) < 4.78 is 1.17. The maximum absolute atomic E-state index is 3.62. The molecule has 0 aromatic heterocycles. The maximum atomic E-state index is 3.62. The van der Waals surface area contributed by atoms with Crippen LogP contribution in [-0.2, 0) is 6.54 Å². The molecule has 1 aliphatic rings. The highest BCUT2D eigenvalue weighted by atomic mass is 79.9. The highest BCUT2D eigenvalue weighted by molar-refractivity contribution is 9.10. The summed E-state index contributed by atoms with van der Waals surface area (Å²) >= 11 is 3.62. The molecule has 4 heteroatoms. The second kappa shape index (κ2) is 7.43. The molecule has 1 atom stereocenters. The van der Waals surface area contributed by atoms with E-state index in [1.54, 1.807) is 0 Å². The van der Waals surface area contributed by atoms with Gasteiger partial charge >= 0.3 is 0 Å². The summed E-state index contributed by atoms with van der Waals surface area (Å²) in [5.74, 6) is 0. The number of nitrogens with one attached hydrogen (secondary N) is 1. The number of halogens is 1.